The third-order valence-electron chi connectivity index (χ3n) is 1.84. The van der Waals surface area contributed by atoms with E-state index in [-0.39, 0.29) is 5.88 Å². The van der Waals surface area contributed by atoms with Crippen molar-refractivity contribution in [2.45, 2.75) is 6.61 Å². The second-order valence-corrected chi connectivity index (χ2v) is 3.98. The third kappa shape index (κ3) is 2.62. The third-order valence-corrected chi connectivity index (χ3v) is 2.80. The maximum absolute atomic E-state index is 12.2. The van der Waals surface area contributed by atoms with Crippen LogP contribution in [0.1, 0.15) is 9.67 Å². The highest BCUT2D eigenvalue weighted by Gasteiger charge is 2.14. The number of aromatic nitrogens is 2. The molecule has 0 atom stereocenters. The Morgan fingerprint density at radius 2 is 2.24 bits per heavy atom. The second kappa shape index (κ2) is 4.96. The normalized spacial score (nSPS) is 10.5. The molecule has 0 aliphatic heterocycles. The van der Waals surface area contributed by atoms with Crippen molar-refractivity contribution in [2.75, 3.05) is 0 Å². The van der Waals surface area contributed by atoms with Crippen LogP contribution in [-0.4, -0.2) is 22.9 Å². The number of pyridine rings is 1. The van der Waals surface area contributed by atoms with Gasteiger partial charge in [0.25, 0.3) is 0 Å². The summed E-state index contributed by atoms with van der Waals surface area (Å²) in [6, 6.07) is 3.13. The molecule has 0 fully saturated rings. The minimum atomic E-state index is -2.95. The highest BCUT2D eigenvalue weighted by atomic mass is 32.1. The van der Waals surface area contributed by atoms with Crippen molar-refractivity contribution >= 4 is 17.6 Å². The highest BCUT2D eigenvalue weighted by Crippen LogP contribution is 2.31. The fourth-order valence-corrected chi connectivity index (χ4v) is 1.94. The zero-order valence-electron chi connectivity index (χ0n) is 8.34. The standard InChI is InChI=1S/C10H6F2N2O2S/c11-10(12)16-8-7(2-1-3-13-8)9-14-4-6(5-15)17-9/h1-5,10H. The molecule has 2 aromatic heterocycles. The summed E-state index contributed by atoms with van der Waals surface area (Å²) in [7, 11) is 0. The summed E-state index contributed by atoms with van der Waals surface area (Å²) in [5, 5.41) is 0.413. The molecule has 0 spiro atoms. The van der Waals surface area contributed by atoms with E-state index in [2.05, 4.69) is 14.7 Å². The van der Waals surface area contributed by atoms with Crippen LogP contribution in [0, 0.1) is 0 Å². The Morgan fingerprint density at radius 3 is 2.88 bits per heavy atom. The number of carbonyl (C=O) groups is 1. The van der Waals surface area contributed by atoms with Crippen LogP contribution >= 0.6 is 11.3 Å². The van der Waals surface area contributed by atoms with Crippen LogP contribution in [0.25, 0.3) is 10.6 Å². The molecule has 88 valence electrons. The summed E-state index contributed by atoms with van der Waals surface area (Å²) in [6.45, 7) is -2.95. The Bertz CT molecular complexity index is 531. The SMILES string of the molecule is O=Cc1cnc(-c2cccnc2OC(F)F)s1. The van der Waals surface area contributed by atoms with E-state index >= 15 is 0 Å². The van der Waals surface area contributed by atoms with Gasteiger partial charge < -0.3 is 4.74 Å². The van der Waals surface area contributed by atoms with E-state index < -0.39 is 6.61 Å². The average molecular weight is 256 g/mol. The Labute approximate surface area is 98.9 Å². The molecule has 0 aliphatic rings. The molecule has 2 aromatic rings. The lowest BCUT2D eigenvalue weighted by Crippen LogP contribution is -2.04. The van der Waals surface area contributed by atoms with E-state index in [1.807, 2.05) is 0 Å². The number of carbonyl (C=O) groups excluding carboxylic acids is 1. The lowest BCUT2D eigenvalue weighted by Gasteiger charge is -2.06. The molecule has 0 unspecified atom stereocenters. The largest absolute Gasteiger partial charge is 0.416 e. The molecular formula is C10H6F2N2O2S. The number of ether oxygens (including phenoxy) is 1. The van der Waals surface area contributed by atoms with Gasteiger partial charge in [-0.1, -0.05) is 0 Å². The van der Waals surface area contributed by atoms with Gasteiger partial charge >= 0.3 is 6.61 Å². The zero-order valence-corrected chi connectivity index (χ0v) is 9.16. The van der Waals surface area contributed by atoms with Gasteiger partial charge in [0.15, 0.2) is 6.29 Å². The number of nitrogens with zero attached hydrogens (tertiary/aromatic N) is 2. The number of rotatable bonds is 4. The summed E-state index contributed by atoms with van der Waals surface area (Å²) in [6.07, 6.45) is 3.35. The maximum atomic E-state index is 12.2. The van der Waals surface area contributed by atoms with Crippen molar-refractivity contribution in [1.29, 1.82) is 0 Å². The van der Waals surface area contributed by atoms with Crippen LogP contribution in [0.2, 0.25) is 0 Å². The van der Waals surface area contributed by atoms with Gasteiger partial charge in [0, 0.05) is 12.4 Å². The topological polar surface area (TPSA) is 52.1 Å². The lowest BCUT2D eigenvalue weighted by molar-refractivity contribution is -0.0524. The van der Waals surface area contributed by atoms with Crippen molar-refractivity contribution in [2.24, 2.45) is 0 Å². The number of aldehydes is 1. The Hall–Kier alpha value is -1.89. The lowest BCUT2D eigenvalue weighted by atomic mass is 10.3. The fourth-order valence-electron chi connectivity index (χ4n) is 1.20. The van der Waals surface area contributed by atoms with E-state index in [1.54, 1.807) is 12.1 Å². The maximum Gasteiger partial charge on any atom is 0.388 e. The molecule has 0 aromatic carbocycles. The van der Waals surface area contributed by atoms with Gasteiger partial charge in [0.2, 0.25) is 5.88 Å². The van der Waals surface area contributed by atoms with Gasteiger partial charge in [-0.3, -0.25) is 4.79 Å². The summed E-state index contributed by atoms with van der Waals surface area (Å²) >= 11 is 1.08. The molecule has 17 heavy (non-hydrogen) atoms. The van der Waals surface area contributed by atoms with E-state index in [9.17, 15) is 13.6 Å². The second-order valence-electron chi connectivity index (χ2n) is 2.92. The van der Waals surface area contributed by atoms with E-state index in [0.717, 1.165) is 11.3 Å². The van der Waals surface area contributed by atoms with Crippen LogP contribution in [0.3, 0.4) is 0 Å². The van der Waals surface area contributed by atoms with E-state index in [0.29, 0.717) is 21.7 Å². The first-order valence-electron chi connectivity index (χ1n) is 4.52. The van der Waals surface area contributed by atoms with Gasteiger partial charge in [0.05, 0.1) is 10.4 Å². The first-order chi connectivity index (χ1) is 8.20. The quantitative estimate of drug-likeness (QED) is 0.789. The van der Waals surface area contributed by atoms with Crippen molar-refractivity contribution in [1.82, 2.24) is 9.97 Å². The first kappa shape index (κ1) is 11.6. The molecule has 0 saturated carbocycles. The van der Waals surface area contributed by atoms with Gasteiger partial charge in [-0.05, 0) is 12.1 Å². The number of hydrogen-bond acceptors (Lipinski definition) is 5. The van der Waals surface area contributed by atoms with Crippen molar-refractivity contribution in [3.8, 4) is 16.5 Å². The molecule has 0 saturated heterocycles. The Morgan fingerprint density at radius 1 is 1.41 bits per heavy atom. The molecule has 0 amide bonds. The summed E-state index contributed by atoms with van der Waals surface area (Å²) < 4.78 is 28.6. The van der Waals surface area contributed by atoms with E-state index in [4.69, 9.17) is 0 Å². The molecule has 4 nitrogen and oxygen atoms in total. The van der Waals surface area contributed by atoms with Crippen LogP contribution in [-0.2, 0) is 0 Å². The molecule has 7 heteroatoms. The van der Waals surface area contributed by atoms with Crippen molar-refractivity contribution in [3.05, 3.63) is 29.4 Å². The molecule has 2 heterocycles. The fraction of sp³-hybridized carbons (Fsp3) is 0.100. The van der Waals surface area contributed by atoms with Gasteiger partial charge in [-0.2, -0.15) is 8.78 Å². The molecular weight excluding hydrogens is 250 g/mol. The molecule has 0 radical (unpaired) electrons. The predicted molar refractivity (Wildman–Crippen MR) is 57.4 cm³/mol. The number of halogens is 2. The first-order valence-corrected chi connectivity index (χ1v) is 5.33. The van der Waals surface area contributed by atoms with E-state index in [1.165, 1.54) is 12.4 Å². The smallest absolute Gasteiger partial charge is 0.388 e. The monoisotopic (exact) mass is 256 g/mol. The van der Waals surface area contributed by atoms with Crippen molar-refractivity contribution in [3.63, 3.8) is 0 Å². The average Bonchev–Trinajstić information content (AvgIpc) is 2.77. The summed E-state index contributed by atoms with van der Waals surface area (Å²) in [5.74, 6) is -0.200. The van der Waals surface area contributed by atoms with Crippen LogP contribution in [0.5, 0.6) is 5.88 Å². The minimum absolute atomic E-state index is 0.200. The van der Waals surface area contributed by atoms with Gasteiger partial charge in [-0.15, -0.1) is 11.3 Å². The molecule has 0 aliphatic carbocycles. The summed E-state index contributed by atoms with van der Waals surface area (Å²) in [5.41, 5.74) is 0.339. The van der Waals surface area contributed by atoms with Gasteiger partial charge in [0.1, 0.15) is 5.01 Å². The van der Waals surface area contributed by atoms with Gasteiger partial charge in [-0.25, -0.2) is 9.97 Å². The predicted octanol–water partition coefficient (Wildman–Crippen LogP) is 2.62. The number of alkyl halides is 2. The highest BCUT2D eigenvalue weighted by molar-refractivity contribution is 7.16. The van der Waals surface area contributed by atoms with Crippen LogP contribution < -0.4 is 4.74 Å². The summed E-state index contributed by atoms with van der Waals surface area (Å²) in [4.78, 5) is 18.6. The number of thiazole rings is 1. The molecule has 2 rings (SSSR count). The zero-order chi connectivity index (χ0) is 12.3. The molecule has 0 bridgehead atoms. The Balaban J connectivity index is 2.40. The minimum Gasteiger partial charge on any atom is -0.416 e. The molecule has 0 N–H and O–H groups in total. The van der Waals surface area contributed by atoms with Crippen molar-refractivity contribution < 1.29 is 18.3 Å². The number of hydrogen-bond donors (Lipinski definition) is 0. The Kier molecular flexibility index (Phi) is 3.38. The van der Waals surface area contributed by atoms with Crippen LogP contribution in [0.15, 0.2) is 24.5 Å². The van der Waals surface area contributed by atoms with Crippen LogP contribution in [0.4, 0.5) is 8.78 Å².